The van der Waals surface area contributed by atoms with E-state index in [0.717, 1.165) is 24.3 Å². The minimum atomic E-state index is -4.83. The molecule has 192 valence electrons. The van der Waals surface area contributed by atoms with E-state index < -0.39 is 30.0 Å². The highest BCUT2D eigenvalue weighted by atomic mass is 19.4. The molecule has 0 bridgehead atoms. The van der Waals surface area contributed by atoms with E-state index in [-0.39, 0.29) is 11.1 Å². The van der Waals surface area contributed by atoms with E-state index in [9.17, 15) is 41.4 Å². The van der Waals surface area contributed by atoms with Gasteiger partial charge >= 0.3 is 18.3 Å². The lowest BCUT2D eigenvalue weighted by Crippen LogP contribution is -2.19. The summed E-state index contributed by atoms with van der Waals surface area (Å²) in [6.07, 6.45) is -11.6. The largest absolute Gasteiger partial charge is 0.478 e. The van der Waals surface area contributed by atoms with Crippen molar-refractivity contribution < 1.29 is 41.4 Å². The fraction of sp³-hybridized carbons (Fsp3) is 0.179. The van der Waals surface area contributed by atoms with Gasteiger partial charge < -0.3 is 10.2 Å². The number of halogens is 6. The van der Waals surface area contributed by atoms with Gasteiger partial charge in [0, 0.05) is 0 Å². The molecule has 9 heteroatoms. The lowest BCUT2D eigenvalue weighted by atomic mass is 9.88. The monoisotopic (exact) mass is 518 g/mol. The highest BCUT2D eigenvalue weighted by molar-refractivity contribution is 6.06. The molecule has 0 saturated carbocycles. The van der Waals surface area contributed by atoms with Crippen molar-refractivity contribution in [1.82, 2.24) is 0 Å². The Balaban J connectivity index is 1.88. The van der Waals surface area contributed by atoms with Crippen LogP contribution < -0.4 is 0 Å². The second-order valence-corrected chi connectivity index (χ2v) is 8.51. The van der Waals surface area contributed by atoms with Crippen LogP contribution in [0.4, 0.5) is 26.3 Å². The van der Waals surface area contributed by atoms with Gasteiger partial charge in [-0.3, -0.25) is 0 Å². The third-order valence-corrected chi connectivity index (χ3v) is 6.23. The van der Waals surface area contributed by atoms with Crippen LogP contribution in [0, 0.1) is 0 Å². The van der Waals surface area contributed by atoms with Gasteiger partial charge in [0.2, 0.25) is 0 Å². The Morgan fingerprint density at radius 1 is 0.784 bits per heavy atom. The average molecular weight is 518 g/mol. The van der Waals surface area contributed by atoms with Crippen LogP contribution in [0.15, 0.2) is 72.8 Å². The second kappa shape index (κ2) is 9.55. The van der Waals surface area contributed by atoms with Crippen LogP contribution in [0.5, 0.6) is 0 Å². The van der Waals surface area contributed by atoms with Crippen LogP contribution in [0.1, 0.15) is 40.1 Å². The normalized spacial score (nSPS) is 13.1. The van der Waals surface area contributed by atoms with Gasteiger partial charge in [-0.05, 0) is 74.8 Å². The van der Waals surface area contributed by atoms with Gasteiger partial charge in [-0.25, -0.2) is 4.79 Å². The number of aliphatic hydroxyl groups is 1. The van der Waals surface area contributed by atoms with Crippen molar-refractivity contribution in [2.45, 2.75) is 31.8 Å². The summed E-state index contributed by atoms with van der Waals surface area (Å²) in [7, 11) is 0. The third kappa shape index (κ3) is 5.17. The van der Waals surface area contributed by atoms with Crippen LogP contribution in [0.3, 0.4) is 0 Å². The number of aromatic carboxylic acids is 1. The fourth-order valence-electron chi connectivity index (χ4n) is 4.36. The van der Waals surface area contributed by atoms with Gasteiger partial charge in [0.15, 0.2) is 6.10 Å². The lowest BCUT2D eigenvalue weighted by molar-refractivity contribution is -0.206. The molecule has 4 aromatic carbocycles. The summed E-state index contributed by atoms with van der Waals surface area (Å²) in [6.45, 7) is 1.78. The van der Waals surface area contributed by atoms with Crippen LogP contribution in [-0.4, -0.2) is 22.4 Å². The molecule has 37 heavy (non-hydrogen) atoms. The molecule has 0 heterocycles. The Kier molecular flexibility index (Phi) is 6.77. The summed E-state index contributed by atoms with van der Waals surface area (Å²) in [5.74, 6) is -1.19. The summed E-state index contributed by atoms with van der Waals surface area (Å²) in [6, 6.07) is 16.2. The first-order chi connectivity index (χ1) is 17.3. The number of aliphatic hydroxyl groups excluding tert-OH is 1. The van der Waals surface area contributed by atoms with Crippen molar-refractivity contribution in [2.75, 3.05) is 0 Å². The average Bonchev–Trinajstić information content (AvgIpc) is 2.86. The van der Waals surface area contributed by atoms with E-state index in [4.69, 9.17) is 0 Å². The molecule has 1 atom stereocenters. The maximum Gasteiger partial charge on any atom is 0.418 e. The van der Waals surface area contributed by atoms with Gasteiger partial charge in [-0.15, -0.1) is 0 Å². The molecule has 0 spiro atoms. The molecule has 2 N–H and O–H groups in total. The van der Waals surface area contributed by atoms with Gasteiger partial charge in [-0.1, -0.05) is 55.5 Å². The van der Waals surface area contributed by atoms with Crippen LogP contribution in [-0.2, 0) is 12.6 Å². The zero-order chi connectivity index (χ0) is 27.1. The maximum absolute atomic E-state index is 13.0. The second-order valence-electron chi connectivity index (χ2n) is 8.51. The van der Waals surface area contributed by atoms with Crippen molar-refractivity contribution in [1.29, 1.82) is 0 Å². The van der Waals surface area contributed by atoms with Gasteiger partial charge in [0.1, 0.15) is 0 Å². The maximum atomic E-state index is 13.0. The molecule has 0 saturated heterocycles. The Hall–Kier alpha value is -3.85. The van der Waals surface area contributed by atoms with Crippen molar-refractivity contribution in [2.24, 2.45) is 0 Å². The first-order valence-corrected chi connectivity index (χ1v) is 11.2. The highest BCUT2D eigenvalue weighted by Crippen LogP contribution is 2.39. The zero-order valence-electron chi connectivity index (χ0n) is 19.3. The van der Waals surface area contributed by atoms with E-state index in [0.29, 0.717) is 45.0 Å². The van der Waals surface area contributed by atoms with Gasteiger partial charge in [-0.2, -0.15) is 26.3 Å². The predicted octanol–water partition coefficient (Wildman–Crippen LogP) is 8.05. The summed E-state index contributed by atoms with van der Waals surface area (Å²) >= 11 is 0. The number of fused-ring (bicyclic) bond motifs is 1. The van der Waals surface area contributed by atoms with Gasteiger partial charge in [0.25, 0.3) is 0 Å². The SMILES string of the molecule is CCc1c(C(=O)O)cc(-c2ccc(C(O)C(F)(F)F)cc2)c2ccc(-c3ccc(C(F)(F)F)cc3)cc12. The number of carbonyl (C=O) groups is 1. The van der Waals surface area contributed by atoms with E-state index in [1.165, 1.54) is 30.3 Å². The Morgan fingerprint density at radius 3 is 1.86 bits per heavy atom. The Bertz CT molecular complexity index is 1450. The van der Waals surface area contributed by atoms with Gasteiger partial charge in [0.05, 0.1) is 11.1 Å². The molecular formula is C28H20F6O3. The van der Waals surface area contributed by atoms with Crippen LogP contribution in [0.2, 0.25) is 0 Å². The number of hydrogen-bond acceptors (Lipinski definition) is 2. The molecule has 0 aromatic heterocycles. The topological polar surface area (TPSA) is 57.5 Å². The molecule has 4 aromatic rings. The number of aryl methyl sites for hydroxylation is 1. The molecule has 4 rings (SSSR count). The number of hydrogen-bond donors (Lipinski definition) is 2. The minimum Gasteiger partial charge on any atom is -0.478 e. The number of benzene rings is 4. The molecule has 0 amide bonds. The molecule has 0 radical (unpaired) electrons. The van der Waals surface area contributed by atoms with E-state index in [2.05, 4.69) is 0 Å². The predicted molar refractivity (Wildman–Crippen MR) is 127 cm³/mol. The summed E-state index contributed by atoms with van der Waals surface area (Å²) < 4.78 is 77.5. The van der Waals surface area contributed by atoms with E-state index >= 15 is 0 Å². The zero-order valence-corrected chi connectivity index (χ0v) is 19.3. The van der Waals surface area contributed by atoms with Crippen molar-refractivity contribution in [3.05, 3.63) is 95.1 Å². The first kappa shape index (κ1) is 26.2. The number of alkyl halides is 6. The van der Waals surface area contributed by atoms with Crippen molar-refractivity contribution in [3.63, 3.8) is 0 Å². The molecule has 3 nitrogen and oxygen atoms in total. The summed E-state index contributed by atoms with van der Waals surface area (Å²) in [5.41, 5.74) is 1.36. The standard InChI is InChI=1S/C28H20F6O3/c1-2-20-23-13-18(15-7-10-19(11-8-15)27(29,30)31)9-12-21(23)22(14-24(20)26(36)37)16-3-5-17(6-4-16)25(35)28(32,33)34/h3-14,25,35H,2H2,1H3,(H,36,37). The number of rotatable bonds is 5. The molecule has 1 unspecified atom stereocenters. The summed E-state index contributed by atoms with van der Waals surface area (Å²) in [5, 5.41) is 20.6. The third-order valence-electron chi connectivity index (χ3n) is 6.23. The lowest BCUT2D eigenvalue weighted by Gasteiger charge is -2.17. The minimum absolute atomic E-state index is 0.00831. The van der Waals surface area contributed by atoms with Crippen LogP contribution >= 0.6 is 0 Å². The fourth-order valence-corrected chi connectivity index (χ4v) is 4.36. The number of carboxylic acids is 1. The van der Waals surface area contributed by atoms with E-state index in [1.54, 1.807) is 25.1 Å². The molecule has 0 aliphatic heterocycles. The Morgan fingerprint density at radius 2 is 1.35 bits per heavy atom. The molecular weight excluding hydrogens is 498 g/mol. The first-order valence-electron chi connectivity index (χ1n) is 11.2. The molecule has 0 fully saturated rings. The van der Waals surface area contributed by atoms with Crippen LogP contribution in [0.25, 0.3) is 33.0 Å². The van der Waals surface area contributed by atoms with Crippen molar-refractivity contribution in [3.8, 4) is 22.3 Å². The highest BCUT2D eigenvalue weighted by Gasteiger charge is 2.39. The van der Waals surface area contributed by atoms with Crippen molar-refractivity contribution >= 4 is 16.7 Å². The Labute approximate surface area is 207 Å². The molecule has 0 aliphatic rings. The smallest absolute Gasteiger partial charge is 0.418 e. The summed E-state index contributed by atoms with van der Waals surface area (Å²) in [4.78, 5) is 12.1. The molecule has 0 aliphatic carbocycles. The number of carboxylic acid groups (broad SMARTS) is 1. The van der Waals surface area contributed by atoms with E-state index in [1.807, 2.05) is 0 Å². The quantitative estimate of drug-likeness (QED) is 0.263.